The third-order valence-corrected chi connectivity index (χ3v) is 3.38. The molecule has 3 rings (SSSR count). The van der Waals surface area contributed by atoms with E-state index in [1.54, 1.807) is 30.3 Å². The Morgan fingerprint density at radius 3 is 1.92 bits per heavy atom. The lowest BCUT2D eigenvalue weighted by molar-refractivity contribution is -0.385. The molecular formula is C18H16N2O4. The number of benzene rings is 3. The van der Waals surface area contributed by atoms with E-state index in [-0.39, 0.29) is 21.2 Å². The molecule has 0 bridgehead atoms. The van der Waals surface area contributed by atoms with E-state index in [9.17, 15) is 20.2 Å². The van der Waals surface area contributed by atoms with Gasteiger partial charge in [0.25, 0.3) is 11.4 Å². The summed E-state index contributed by atoms with van der Waals surface area (Å²) in [6, 6.07) is 17.4. The van der Waals surface area contributed by atoms with Crippen LogP contribution in [0.3, 0.4) is 0 Å². The standard InChI is InChI=1S/C10H7NO2.C8H9NO2/c12-11(13)10-7-3-5-8-4-1-2-6-9(8)10;1-6-3-7(2)5-8(4-6)9(10)11/h1-7H;3-5H,1-2H3. The molecule has 0 radical (unpaired) electrons. The maximum atomic E-state index is 10.6. The zero-order chi connectivity index (χ0) is 17.7. The van der Waals surface area contributed by atoms with Crippen molar-refractivity contribution in [2.24, 2.45) is 0 Å². The minimum absolute atomic E-state index is 0.165. The lowest BCUT2D eigenvalue weighted by atomic mass is 10.1. The molecule has 0 atom stereocenters. The third kappa shape index (κ3) is 4.13. The van der Waals surface area contributed by atoms with Crippen LogP contribution < -0.4 is 0 Å². The number of rotatable bonds is 2. The van der Waals surface area contributed by atoms with Crippen LogP contribution in [-0.2, 0) is 0 Å². The van der Waals surface area contributed by atoms with E-state index in [4.69, 9.17) is 0 Å². The first-order chi connectivity index (χ1) is 11.4. The molecule has 3 aromatic carbocycles. The van der Waals surface area contributed by atoms with Crippen LogP contribution in [0, 0.1) is 34.1 Å². The molecule has 0 aliphatic heterocycles. The second kappa shape index (κ2) is 7.32. The van der Waals surface area contributed by atoms with Crippen molar-refractivity contribution in [3.05, 3.63) is 92.0 Å². The summed E-state index contributed by atoms with van der Waals surface area (Å²) in [5.41, 5.74) is 2.19. The second-order valence-electron chi connectivity index (χ2n) is 5.36. The predicted molar refractivity (Wildman–Crippen MR) is 93.2 cm³/mol. The second-order valence-corrected chi connectivity index (χ2v) is 5.36. The van der Waals surface area contributed by atoms with Crippen molar-refractivity contribution in [3.8, 4) is 0 Å². The summed E-state index contributed by atoms with van der Waals surface area (Å²) in [4.78, 5) is 20.2. The third-order valence-electron chi connectivity index (χ3n) is 3.38. The van der Waals surface area contributed by atoms with Crippen LogP contribution in [-0.4, -0.2) is 9.85 Å². The van der Waals surface area contributed by atoms with Gasteiger partial charge in [0.05, 0.1) is 15.2 Å². The summed E-state index contributed by atoms with van der Waals surface area (Å²) in [6.45, 7) is 3.69. The van der Waals surface area contributed by atoms with Crippen LogP contribution in [0.1, 0.15) is 11.1 Å². The topological polar surface area (TPSA) is 86.3 Å². The number of nitro groups is 2. The van der Waals surface area contributed by atoms with Crippen LogP contribution in [0.2, 0.25) is 0 Å². The van der Waals surface area contributed by atoms with E-state index in [0.717, 1.165) is 16.5 Å². The van der Waals surface area contributed by atoms with E-state index in [2.05, 4.69) is 0 Å². The highest BCUT2D eigenvalue weighted by Gasteiger charge is 2.09. The molecule has 0 unspecified atom stereocenters. The number of aryl methyl sites for hydroxylation is 2. The molecule has 0 saturated heterocycles. The van der Waals surface area contributed by atoms with Crippen molar-refractivity contribution in [1.29, 1.82) is 0 Å². The van der Waals surface area contributed by atoms with Crippen molar-refractivity contribution in [1.82, 2.24) is 0 Å². The largest absolute Gasteiger partial charge is 0.277 e. The number of non-ortho nitro benzene ring substituents is 2. The van der Waals surface area contributed by atoms with Crippen LogP contribution >= 0.6 is 0 Å². The molecular weight excluding hydrogens is 308 g/mol. The van der Waals surface area contributed by atoms with E-state index in [0.29, 0.717) is 5.39 Å². The fraction of sp³-hybridized carbons (Fsp3) is 0.111. The molecule has 0 fully saturated rings. The van der Waals surface area contributed by atoms with E-state index in [1.165, 1.54) is 6.07 Å². The van der Waals surface area contributed by atoms with Gasteiger partial charge in [-0.25, -0.2) is 0 Å². The Labute approximate surface area is 138 Å². The van der Waals surface area contributed by atoms with Crippen LogP contribution in [0.5, 0.6) is 0 Å². The normalized spacial score (nSPS) is 9.92. The predicted octanol–water partition coefficient (Wildman–Crippen LogP) is 4.96. The molecule has 6 heteroatoms. The first kappa shape index (κ1) is 17.1. The maximum absolute atomic E-state index is 10.6. The van der Waals surface area contributed by atoms with Gasteiger partial charge >= 0.3 is 0 Å². The highest BCUT2D eigenvalue weighted by Crippen LogP contribution is 2.24. The minimum Gasteiger partial charge on any atom is -0.258 e. The Kier molecular flexibility index (Phi) is 5.21. The van der Waals surface area contributed by atoms with Crippen molar-refractivity contribution >= 4 is 22.1 Å². The lowest BCUT2D eigenvalue weighted by Crippen LogP contribution is -1.89. The molecule has 122 valence electrons. The van der Waals surface area contributed by atoms with Gasteiger partial charge < -0.3 is 0 Å². The van der Waals surface area contributed by atoms with Gasteiger partial charge in [0.2, 0.25) is 0 Å². The van der Waals surface area contributed by atoms with Crippen LogP contribution in [0.25, 0.3) is 10.8 Å². The first-order valence-electron chi connectivity index (χ1n) is 7.23. The lowest BCUT2D eigenvalue weighted by Gasteiger charge is -1.97. The molecule has 6 nitrogen and oxygen atoms in total. The minimum atomic E-state index is -0.375. The monoisotopic (exact) mass is 324 g/mol. The van der Waals surface area contributed by atoms with Gasteiger partial charge in [0.15, 0.2) is 0 Å². The van der Waals surface area contributed by atoms with Gasteiger partial charge in [-0.3, -0.25) is 20.2 Å². The summed E-state index contributed by atoms with van der Waals surface area (Å²) in [7, 11) is 0. The Morgan fingerprint density at radius 2 is 1.33 bits per heavy atom. The molecule has 0 aliphatic carbocycles. The van der Waals surface area contributed by atoms with Gasteiger partial charge in [0, 0.05) is 18.2 Å². The first-order valence-corrected chi connectivity index (χ1v) is 7.23. The number of fused-ring (bicyclic) bond motifs is 1. The van der Waals surface area contributed by atoms with Gasteiger partial charge in [-0.2, -0.15) is 0 Å². The summed E-state index contributed by atoms with van der Waals surface area (Å²) in [5, 5.41) is 22.5. The molecule has 0 aromatic heterocycles. The van der Waals surface area contributed by atoms with E-state index < -0.39 is 0 Å². The fourth-order valence-electron chi connectivity index (χ4n) is 2.42. The smallest absolute Gasteiger partial charge is 0.258 e. The van der Waals surface area contributed by atoms with Gasteiger partial charge in [0.1, 0.15) is 0 Å². The Balaban J connectivity index is 0.000000177. The van der Waals surface area contributed by atoms with Crippen LogP contribution in [0.15, 0.2) is 60.7 Å². The number of nitro benzene ring substituents is 2. The molecule has 24 heavy (non-hydrogen) atoms. The van der Waals surface area contributed by atoms with Gasteiger partial charge in [-0.1, -0.05) is 36.4 Å². The molecule has 0 aliphatic rings. The summed E-state index contributed by atoms with van der Waals surface area (Å²) < 4.78 is 0. The van der Waals surface area contributed by atoms with Crippen LogP contribution in [0.4, 0.5) is 11.4 Å². The Hall–Kier alpha value is -3.28. The molecule has 3 aromatic rings. The average Bonchev–Trinajstić information content (AvgIpc) is 2.54. The fourth-order valence-corrected chi connectivity index (χ4v) is 2.42. The van der Waals surface area contributed by atoms with Gasteiger partial charge in [-0.15, -0.1) is 0 Å². The SMILES string of the molecule is Cc1cc(C)cc([N+](=O)[O-])c1.O=[N+]([O-])c1cccc2ccccc12. The highest BCUT2D eigenvalue weighted by molar-refractivity contribution is 5.90. The summed E-state index contributed by atoms with van der Waals surface area (Å²) in [5.74, 6) is 0. The van der Waals surface area contributed by atoms with E-state index >= 15 is 0 Å². The molecule has 0 N–H and O–H groups in total. The van der Waals surface area contributed by atoms with Crippen molar-refractivity contribution in [2.75, 3.05) is 0 Å². The number of hydrogen-bond acceptors (Lipinski definition) is 4. The average molecular weight is 324 g/mol. The summed E-state index contributed by atoms with van der Waals surface area (Å²) in [6.07, 6.45) is 0. The van der Waals surface area contributed by atoms with Gasteiger partial charge in [-0.05, 0) is 36.4 Å². The molecule has 0 spiro atoms. The zero-order valence-electron chi connectivity index (χ0n) is 13.3. The maximum Gasteiger partial charge on any atom is 0.277 e. The highest BCUT2D eigenvalue weighted by atomic mass is 16.6. The number of nitrogens with zero attached hydrogens (tertiary/aromatic N) is 2. The summed E-state index contributed by atoms with van der Waals surface area (Å²) >= 11 is 0. The Bertz CT molecular complexity index is 881. The van der Waals surface area contributed by atoms with E-state index in [1.807, 2.05) is 38.1 Å². The zero-order valence-corrected chi connectivity index (χ0v) is 13.3. The quantitative estimate of drug-likeness (QED) is 0.492. The molecule has 0 heterocycles. The van der Waals surface area contributed by atoms with Crippen molar-refractivity contribution in [2.45, 2.75) is 13.8 Å². The van der Waals surface area contributed by atoms with Crippen molar-refractivity contribution in [3.63, 3.8) is 0 Å². The molecule has 0 amide bonds. The Morgan fingerprint density at radius 1 is 0.750 bits per heavy atom. The van der Waals surface area contributed by atoms with Crippen molar-refractivity contribution < 1.29 is 9.85 Å². The molecule has 0 saturated carbocycles. The number of hydrogen-bond donors (Lipinski definition) is 0.